The van der Waals surface area contributed by atoms with Crippen LogP contribution in [-0.4, -0.2) is 12.8 Å². The van der Waals surface area contributed by atoms with Gasteiger partial charge in [-0.3, -0.25) is 0 Å². The molecule has 3 rings (SSSR count). The Balaban J connectivity index is 1.67. The molecule has 0 saturated heterocycles. The van der Waals surface area contributed by atoms with Gasteiger partial charge >= 0.3 is 0 Å². The van der Waals surface area contributed by atoms with E-state index in [9.17, 15) is 0 Å². The third-order valence-electron chi connectivity index (χ3n) is 4.08. The van der Waals surface area contributed by atoms with E-state index in [2.05, 4.69) is 31.3 Å². The average molecular weight is 247 g/mol. The maximum Gasteiger partial charge on any atom is 0.231 e. The molecule has 3 atom stereocenters. The lowest BCUT2D eigenvalue weighted by Gasteiger charge is -2.20. The first-order valence-electron chi connectivity index (χ1n) is 6.88. The van der Waals surface area contributed by atoms with Crippen LogP contribution in [0.5, 0.6) is 11.5 Å². The SMILES string of the molecule is CC1CCC(NC(C)c2ccc3c(c2)OCO3)C1. The Morgan fingerprint density at radius 1 is 1.22 bits per heavy atom. The van der Waals surface area contributed by atoms with Crippen molar-refractivity contribution in [1.29, 1.82) is 0 Å². The quantitative estimate of drug-likeness (QED) is 0.889. The van der Waals surface area contributed by atoms with Crippen LogP contribution in [0.1, 0.15) is 44.7 Å². The molecule has 0 amide bonds. The van der Waals surface area contributed by atoms with Crippen LogP contribution < -0.4 is 14.8 Å². The molecule has 3 unspecified atom stereocenters. The van der Waals surface area contributed by atoms with Crippen LogP contribution in [0.4, 0.5) is 0 Å². The molecular weight excluding hydrogens is 226 g/mol. The highest BCUT2D eigenvalue weighted by atomic mass is 16.7. The van der Waals surface area contributed by atoms with Gasteiger partial charge in [0.2, 0.25) is 6.79 Å². The molecule has 1 N–H and O–H groups in total. The minimum absolute atomic E-state index is 0.348. The van der Waals surface area contributed by atoms with Crippen LogP contribution >= 0.6 is 0 Å². The van der Waals surface area contributed by atoms with E-state index in [1.165, 1.54) is 24.8 Å². The molecule has 0 aromatic heterocycles. The van der Waals surface area contributed by atoms with Gasteiger partial charge in [-0.25, -0.2) is 0 Å². The number of nitrogens with one attached hydrogen (secondary N) is 1. The van der Waals surface area contributed by atoms with E-state index in [1.54, 1.807) is 0 Å². The Morgan fingerprint density at radius 2 is 2.06 bits per heavy atom. The highest BCUT2D eigenvalue weighted by Crippen LogP contribution is 2.34. The fraction of sp³-hybridized carbons (Fsp3) is 0.600. The van der Waals surface area contributed by atoms with E-state index in [0.717, 1.165) is 17.4 Å². The second-order valence-corrected chi connectivity index (χ2v) is 5.62. The van der Waals surface area contributed by atoms with Crippen molar-refractivity contribution in [3.63, 3.8) is 0 Å². The van der Waals surface area contributed by atoms with Gasteiger partial charge in [0.05, 0.1) is 0 Å². The average Bonchev–Trinajstić information content (AvgIpc) is 2.96. The van der Waals surface area contributed by atoms with E-state index in [-0.39, 0.29) is 0 Å². The second-order valence-electron chi connectivity index (χ2n) is 5.62. The maximum atomic E-state index is 5.43. The van der Waals surface area contributed by atoms with Gasteiger partial charge in [0.1, 0.15) is 0 Å². The van der Waals surface area contributed by atoms with Crippen molar-refractivity contribution in [2.45, 2.75) is 45.2 Å². The second kappa shape index (κ2) is 4.81. The molecule has 1 heterocycles. The topological polar surface area (TPSA) is 30.5 Å². The molecule has 1 aromatic carbocycles. The molecule has 0 radical (unpaired) electrons. The van der Waals surface area contributed by atoms with E-state index in [4.69, 9.17) is 9.47 Å². The van der Waals surface area contributed by atoms with Crippen molar-refractivity contribution in [1.82, 2.24) is 5.32 Å². The van der Waals surface area contributed by atoms with Gasteiger partial charge in [0, 0.05) is 12.1 Å². The Labute approximate surface area is 108 Å². The molecule has 1 aliphatic heterocycles. The zero-order valence-corrected chi connectivity index (χ0v) is 11.1. The van der Waals surface area contributed by atoms with E-state index >= 15 is 0 Å². The smallest absolute Gasteiger partial charge is 0.231 e. The molecule has 0 bridgehead atoms. The van der Waals surface area contributed by atoms with Gasteiger partial charge in [-0.1, -0.05) is 13.0 Å². The third kappa shape index (κ3) is 2.32. The van der Waals surface area contributed by atoms with Crippen LogP contribution in [0.25, 0.3) is 0 Å². The van der Waals surface area contributed by atoms with E-state index in [1.807, 2.05) is 6.07 Å². The van der Waals surface area contributed by atoms with Crippen LogP contribution in [0.15, 0.2) is 18.2 Å². The summed E-state index contributed by atoms with van der Waals surface area (Å²) in [5.74, 6) is 2.60. The Morgan fingerprint density at radius 3 is 2.83 bits per heavy atom. The number of hydrogen-bond donors (Lipinski definition) is 1. The lowest BCUT2D eigenvalue weighted by molar-refractivity contribution is 0.174. The minimum atomic E-state index is 0.348. The summed E-state index contributed by atoms with van der Waals surface area (Å²) in [5.41, 5.74) is 1.28. The first-order chi connectivity index (χ1) is 8.72. The predicted molar refractivity (Wildman–Crippen MR) is 70.9 cm³/mol. The molecule has 1 aliphatic carbocycles. The summed E-state index contributed by atoms with van der Waals surface area (Å²) in [6.45, 7) is 4.91. The Bertz CT molecular complexity index is 433. The van der Waals surface area contributed by atoms with Crippen molar-refractivity contribution in [2.75, 3.05) is 6.79 Å². The van der Waals surface area contributed by atoms with Crippen LogP contribution in [0.3, 0.4) is 0 Å². The number of benzene rings is 1. The molecule has 2 aliphatic rings. The number of rotatable bonds is 3. The largest absolute Gasteiger partial charge is 0.454 e. The summed E-state index contributed by atoms with van der Waals surface area (Å²) in [6, 6.07) is 7.27. The number of ether oxygens (including phenoxy) is 2. The fourth-order valence-electron chi connectivity index (χ4n) is 2.99. The van der Waals surface area contributed by atoms with Crippen LogP contribution in [-0.2, 0) is 0 Å². The normalized spacial score (nSPS) is 27.4. The van der Waals surface area contributed by atoms with E-state index in [0.29, 0.717) is 18.9 Å². The van der Waals surface area contributed by atoms with E-state index < -0.39 is 0 Å². The summed E-state index contributed by atoms with van der Waals surface area (Å²) >= 11 is 0. The highest BCUT2D eigenvalue weighted by molar-refractivity contribution is 5.45. The molecule has 0 spiro atoms. The molecule has 18 heavy (non-hydrogen) atoms. The Hall–Kier alpha value is -1.22. The van der Waals surface area contributed by atoms with Crippen molar-refractivity contribution < 1.29 is 9.47 Å². The van der Waals surface area contributed by atoms with Gasteiger partial charge in [0.15, 0.2) is 11.5 Å². The maximum absolute atomic E-state index is 5.43. The van der Waals surface area contributed by atoms with Gasteiger partial charge in [-0.15, -0.1) is 0 Å². The lowest BCUT2D eigenvalue weighted by atomic mass is 10.1. The fourth-order valence-corrected chi connectivity index (χ4v) is 2.99. The monoisotopic (exact) mass is 247 g/mol. The molecule has 98 valence electrons. The van der Waals surface area contributed by atoms with Gasteiger partial charge in [-0.05, 0) is 49.8 Å². The van der Waals surface area contributed by atoms with Crippen molar-refractivity contribution in [3.8, 4) is 11.5 Å². The third-order valence-corrected chi connectivity index (χ3v) is 4.08. The number of hydrogen-bond acceptors (Lipinski definition) is 3. The molecule has 3 heteroatoms. The summed E-state index contributed by atoms with van der Waals surface area (Å²) in [6.07, 6.45) is 3.95. The zero-order chi connectivity index (χ0) is 12.5. The molecule has 1 aromatic rings. The van der Waals surface area contributed by atoms with Crippen molar-refractivity contribution in [2.24, 2.45) is 5.92 Å². The molecule has 1 fully saturated rings. The summed E-state index contributed by atoms with van der Waals surface area (Å²) in [5, 5.41) is 3.72. The highest BCUT2D eigenvalue weighted by Gasteiger charge is 2.23. The van der Waals surface area contributed by atoms with Gasteiger partial charge in [0.25, 0.3) is 0 Å². The molecule has 3 nitrogen and oxygen atoms in total. The number of fused-ring (bicyclic) bond motifs is 1. The summed E-state index contributed by atoms with van der Waals surface area (Å²) < 4.78 is 10.8. The molecular formula is C15H21NO2. The lowest BCUT2D eigenvalue weighted by Crippen LogP contribution is -2.29. The van der Waals surface area contributed by atoms with Crippen molar-refractivity contribution >= 4 is 0 Å². The minimum Gasteiger partial charge on any atom is -0.454 e. The van der Waals surface area contributed by atoms with Crippen LogP contribution in [0.2, 0.25) is 0 Å². The first kappa shape index (κ1) is 11.8. The zero-order valence-electron chi connectivity index (χ0n) is 11.1. The van der Waals surface area contributed by atoms with Gasteiger partial charge < -0.3 is 14.8 Å². The Kier molecular flexibility index (Phi) is 3.16. The molecule has 1 saturated carbocycles. The predicted octanol–water partition coefficient (Wildman–Crippen LogP) is 3.25. The first-order valence-corrected chi connectivity index (χ1v) is 6.88. The van der Waals surface area contributed by atoms with Crippen molar-refractivity contribution in [3.05, 3.63) is 23.8 Å². The van der Waals surface area contributed by atoms with Crippen LogP contribution in [0, 0.1) is 5.92 Å². The standard InChI is InChI=1S/C15H21NO2/c1-10-3-5-13(7-10)16-11(2)12-4-6-14-15(8-12)18-9-17-14/h4,6,8,10-11,13,16H,3,5,7,9H2,1-2H3. The summed E-state index contributed by atoms with van der Waals surface area (Å²) in [4.78, 5) is 0. The van der Waals surface area contributed by atoms with Gasteiger partial charge in [-0.2, -0.15) is 0 Å². The summed E-state index contributed by atoms with van der Waals surface area (Å²) in [7, 11) is 0.